The van der Waals surface area contributed by atoms with Gasteiger partial charge in [-0.1, -0.05) is 0 Å². The fraction of sp³-hybridized carbons (Fsp3) is 0.500. The third-order valence-electron chi connectivity index (χ3n) is 1.70. The van der Waals surface area contributed by atoms with Gasteiger partial charge in [-0.2, -0.15) is 0 Å². The van der Waals surface area contributed by atoms with Crippen molar-refractivity contribution in [2.24, 2.45) is 0 Å². The highest BCUT2D eigenvalue weighted by molar-refractivity contribution is 7.10. The first-order valence-electron chi connectivity index (χ1n) is 4.67. The monoisotopic (exact) mass is 213 g/mol. The van der Waals surface area contributed by atoms with Gasteiger partial charge in [0.15, 0.2) is 0 Å². The van der Waals surface area contributed by atoms with Crippen molar-refractivity contribution in [2.45, 2.75) is 20.3 Å². The number of alkyl carbamates (subject to hydrolysis) is 1. The van der Waals surface area contributed by atoms with E-state index in [0.29, 0.717) is 13.2 Å². The van der Waals surface area contributed by atoms with Crippen LogP contribution in [0.4, 0.5) is 4.79 Å². The summed E-state index contributed by atoms with van der Waals surface area (Å²) < 4.78 is 4.74. The van der Waals surface area contributed by atoms with Crippen LogP contribution in [0.25, 0.3) is 0 Å². The van der Waals surface area contributed by atoms with Gasteiger partial charge < -0.3 is 10.1 Å². The van der Waals surface area contributed by atoms with E-state index in [9.17, 15) is 4.79 Å². The molecule has 0 fully saturated rings. The SMILES string of the molecule is CCOC(=O)NCCc1cc(C)cs1. The lowest BCUT2D eigenvalue weighted by atomic mass is 10.3. The Labute approximate surface area is 88.1 Å². The molecule has 0 atom stereocenters. The van der Waals surface area contributed by atoms with Crippen LogP contribution in [-0.2, 0) is 11.2 Å². The van der Waals surface area contributed by atoms with Gasteiger partial charge in [0.1, 0.15) is 0 Å². The molecular formula is C10H15NO2S. The first kappa shape index (κ1) is 11.0. The maximum absolute atomic E-state index is 10.9. The molecule has 1 N–H and O–H groups in total. The zero-order chi connectivity index (χ0) is 10.4. The van der Waals surface area contributed by atoms with Gasteiger partial charge in [-0.05, 0) is 37.3 Å². The van der Waals surface area contributed by atoms with Crippen LogP contribution < -0.4 is 5.32 Å². The Hall–Kier alpha value is -1.03. The first-order valence-corrected chi connectivity index (χ1v) is 5.55. The number of carbonyl (C=O) groups excluding carboxylic acids is 1. The van der Waals surface area contributed by atoms with Crippen LogP contribution in [0.1, 0.15) is 17.4 Å². The van der Waals surface area contributed by atoms with Crippen molar-refractivity contribution < 1.29 is 9.53 Å². The molecule has 0 spiro atoms. The van der Waals surface area contributed by atoms with Crippen molar-refractivity contribution in [3.8, 4) is 0 Å². The molecule has 78 valence electrons. The summed E-state index contributed by atoms with van der Waals surface area (Å²) in [6.07, 6.45) is 0.540. The van der Waals surface area contributed by atoms with Gasteiger partial charge in [0.25, 0.3) is 0 Å². The van der Waals surface area contributed by atoms with Crippen LogP contribution in [0.15, 0.2) is 11.4 Å². The van der Waals surface area contributed by atoms with Crippen molar-refractivity contribution >= 4 is 17.4 Å². The van der Waals surface area contributed by atoms with Crippen molar-refractivity contribution in [1.29, 1.82) is 0 Å². The van der Waals surface area contributed by atoms with Crippen LogP contribution >= 0.6 is 11.3 Å². The van der Waals surface area contributed by atoms with E-state index in [4.69, 9.17) is 4.74 Å². The van der Waals surface area contributed by atoms with Crippen LogP contribution in [0.2, 0.25) is 0 Å². The molecule has 0 aliphatic heterocycles. The lowest BCUT2D eigenvalue weighted by molar-refractivity contribution is 0.152. The Morgan fingerprint density at radius 2 is 2.43 bits per heavy atom. The summed E-state index contributed by atoms with van der Waals surface area (Å²) in [5, 5.41) is 4.80. The van der Waals surface area contributed by atoms with E-state index in [1.54, 1.807) is 18.3 Å². The van der Waals surface area contributed by atoms with Gasteiger partial charge in [-0.25, -0.2) is 4.79 Å². The predicted octanol–water partition coefficient (Wildman–Crippen LogP) is 2.35. The second kappa shape index (κ2) is 5.65. The van der Waals surface area contributed by atoms with E-state index in [0.717, 1.165) is 6.42 Å². The molecule has 3 nitrogen and oxygen atoms in total. The highest BCUT2D eigenvalue weighted by atomic mass is 32.1. The Morgan fingerprint density at radius 3 is 3.00 bits per heavy atom. The van der Waals surface area contributed by atoms with E-state index < -0.39 is 0 Å². The summed E-state index contributed by atoms with van der Waals surface area (Å²) in [5.74, 6) is 0. The standard InChI is InChI=1S/C10H15NO2S/c1-3-13-10(12)11-5-4-9-6-8(2)7-14-9/h6-7H,3-5H2,1-2H3,(H,11,12). The number of hydrogen-bond donors (Lipinski definition) is 1. The number of carbonyl (C=O) groups is 1. The molecule has 0 bridgehead atoms. The summed E-state index contributed by atoms with van der Waals surface area (Å²) in [6, 6.07) is 2.14. The first-order chi connectivity index (χ1) is 6.72. The lowest BCUT2D eigenvalue weighted by Crippen LogP contribution is -2.26. The van der Waals surface area contributed by atoms with Gasteiger partial charge in [0.05, 0.1) is 6.61 Å². The van der Waals surface area contributed by atoms with Crippen LogP contribution in [-0.4, -0.2) is 19.2 Å². The predicted molar refractivity (Wildman–Crippen MR) is 57.8 cm³/mol. The number of amides is 1. The number of hydrogen-bond acceptors (Lipinski definition) is 3. The van der Waals surface area contributed by atoms with Crippen LogP contribution in [0.3, 0.4) is 0 Å². The van der Waals surface area contributed by atoms with Gasteiger partial charge >= 0.3 is 6.09 Å². The fourth-order valence-corrected chi connectivity index (χ4v) is 1.97. The highest BCUT2D eigenvalue weighted by Crippen LogP contribution is 2.13. The second-order valence-electron chi connectivity index (χ2n) is 2.99. The molecule has 0 aliphatic rings. The summed E-state index contributed by atoms with van der Waals surface area (Å²) in [5.41, 5.74) is 1.28. The van der Waals surface area contributed by atoms with E-state index in [1.807, 2.05) is 0 Å². The second-order valence-corrected chi connectivity index (χ2v) is 3.98. The van der Waals surface area contributed by atoms with Crippen LogP contribution in [0, 0.1) is 6.92 Å². The maximum atomic E-state index is 10.9. The molecule has 0 saturated heterocycles. The maximum Gasteiger partial charge on any atom is 0.407 e. The van der Waals surface area contributed by atoms with Crippen molar-refractivity contribution in [1.82, 2.24) is 5.32 Å². The molecular weight excluding hydrogens is 198 g/mol. The van der Waals surface area contributed by atoms with Gasteiger partial charge in [0.2, 0.25) is 0 Å². The number of aryl methyl sites for hydroxylation is 1. The third kappa shape index (κ3) is 3.79. The molecule has 0 saturated carbocycles. The molecule has 0 aliphatic carbocycles. The third-order valence-corrected chi connectivity index (χ3v) is 2.82. The Morgan fingerprint density at radius 1 is 1.64 bits per heavy atom. The Balaban J connectivity index is 2.18. The van der Waals surface area contributed by atoms with Crippen LogP contribution in [0.5, 0.6) is 0 Å². The lowest BCUT2D eigenvalue weighted by Gasteiger charge is -2.03. The zero-order valence-electron chi connectivity index (χ0n) is 8.50. The molecule has 1 amide bonds. The van der Waals surface area contributed by atoms with Crippen molar-refractivity contribution in [2.75, 3.05) is 13.2 Å². The van der Waals surface area contributed by atoms with Gasteiger partial charge in [-0.15, -0.1) is 11.3 Å². The van der Waals surface area contributed by atoms with E-state index in [2.05, 4.69) is 23.7 Å². The van der Waals surface area contributed by atoms with E-state index in [1.165, 1.54) is 10.4 Å². The minimum Gasteiger partial charge on any atom is -0.450 e. The average Bonchev–Trinajstić information content (AvgIpc) is 2.52. The minimum atomic E-state index is -0.333. The summed E-state index contributed by atoms with van der Waals surface area (Å²) >= 11 is 1.72. The van der Waals surface area contributed by atoms with E-state index >= 15 is 0 Å². The number of nitrogens with one attached hydrogen (secondary N) is 1. The largest absolute Gasteiger partial charge is 0.450 e. The van der Waals surface area contributed by atoms with Crippen molar-refractivity contribution in [3.63, 3.8) is 0 Å². The average molecular weight is 213 g/mol. The summed E-state index contributed by atoms with van der Waals surface area (Å²) in [6.45, 7) is 4.92. The van der Waals surface area contributed by atoms with Gasteiger partial charge in [0, 0.05) is 11.4 Å². The summed E-state index contributed by atoms with van der Waals surface area (Å²) in [7, 11) is 0. The molecule has 1 aromatic heterocycles. The number of ether oxygens (including phenoxy) is 1. The molecule has 1 rings (SSSR count). The topological polar surface area (TPSA) is 38.3 Å². The molecule has 0 unspecified atom stereocenters. The Bertz CT molecular complexity index is 296. The summed E-state index contributed by atoms with van der Waals surface area (Å²) in [4.78, 5) is 12.2. The molecule has 4 heteroatoms. The zero-order valence-corrected chi connectivity index (χ0v) is 9.32. The van der Waals surface area contributed by atoms with Crippen molar-refractivity contribution in [3.05, 3.63) is 21.9 Å². The number of rotatable bonds is 4. The normalized spacial score (nSPS) is 9.86. The Kier molecular flexibility index (Phi) is 4.46. The molecule has 1 aromatic rings. The minimum absolute atomic E-state index is 0.333. The number of thiophene rings is 1. The smallest absolute Gasteiger partial charge is 0.407 e. The van der Waals surface area contributed by atoms with E-state index in [-0.39, 0.29) is 6.09 Å². The quantitative estimate of drug-likeness (QED) is 0.833. The van der Waals surface area contributed by atoms with Gasteiger partial charge in [-0.3, -0.25) is 0 Å². The molecule has 0 radical (unpaired) electrons. The molecule has 0 aromatic carbocycles. The molecule has 1 heterocycles. The fourth-order valence-electron chi connectivity index (χ4n) is 1.09. The molecule has 14 heavy (non-hydrogen) atoms. The highest BCUT2D eigenvalue weighted by Gasteiger charge is 2.00.